The van der Waals surface area contributed by atoms with Gasteiger partial charge in [-0.05, 0) is 36.3 Å². The van der Waals surface area contributed by atoms with Gasteiger partial charge in [0.2, 0.25) is 0 Å². The molecule has 0 aromatic carbocycles. The third-order valence-corrected chi connectivity index (χ3v) is 3.79. The number of hydrogen-bond donors (Lipinski definition) is 2. The zero-order valence-corrected chi connectivity index (χ0v) is 13.9. The molecule has 0 aliphatic heterocycles. The fourth-order valence-electron chi connectivity index (χ4n) is 2.44. The van der Waals surface area contributed by atoms with Crippen molar-refractivity contribution in [3.63, 3.8) is 0 Å². The number of pyridine rings is 1. The number of aromatic nitrogens is 1. The maximum atomic E-state index is 12.1. The van der Waals surface area contributed by atoms with Gasteiger partial charge in [-0.15, -0.1) is 0 Å². The van der Waals surface area contributed by atoms with Gasteiger partial charge in [0.05, 0.1) is 5.56 Å². The molecular weight excluding hydrogens is 262 g/mol. The second-order valence-electron chi connectivity index (χ2n) is 6.22. The van der Waals surface area contributed by atoms with Gasteiger partial charge in [0.1, 0.15) is 5.82 Å². The number of amides is 1. The second kappa shape index (κ2) is 8.65. The van der Waals surface area contributed by atoms with Gasteiger partial charge < -0.3 is 10.6 Å². The standard InChI is InChI=1S/C17H29N3O/c1-6-9-18-16-8-7-14(10-19-16)17(21)20-11-15(12(2)3)13(4)5/h7-8,10,12-13,15H,6,9,11H2,1-5H3,(H,18,19)(H,20,21). The van der Waals surface area contributed by atoms with E-state index >= 15 is 0 Å². The van der Waals surface area contributed by atoms with Crippen LogP contribution in [0, 0.1) is 17.8 Å². The van der Waals surface area contributed by atoms with Gasteiger partial charge in [-0.3, -0.25) is 4.79 Å². The lowest BCUT2D eigenvalue weighted by molar-refractivity contribution is 0.0937. The smallest absolute Gasteiger partial charge is 0.252 e. The van der Waals surface area contributed by atoms with E-state index in [0.29, 0.717) is 29.9 Å². The third kappa shape index (κ3) is 5.74. The summed E-state index contributed by atoms with van der Waals surface area (Å²) in [6.07, 6.45) is 2.68. The van der Waals surface area contributed by atoms with Crippen LogP contribution in [0.5, 0.6) is 0 Å². The highest BCUT2D eigenvalue weighted by atomic mass is 16.1. The Bertz CT molecular complexity index is 418. The van der Waals surface area contributed by atoms with Crippen LogP contribution in [0.15, 0.2) is 18.3 Å². The van der Waals surface area contributed by atoms with Crippen molar-refractivity contribution >= 4 is 11.7 Å². The van der Waals surface area contributed by atoms with E-state index in [2.05, 4.69) is 50.2 Å². The predicted octanol–water partition coefficient (Wildman–Crippen LogP) is 3.56. The van der Waals surface area contributed by atoms with Gasteiger partial charge in [0.25, 0.3) is 5.91 Å². The van der Waals surface area contributed by atoms with Crippen molar-refractivity contribution in [3.05, 3.63) is 23.9 Å². The highest BCUT2D eigenvalue weighted by Crippen LogP contribution is 2.19. The van der Waals surface area contributed by atoms with Crippen LogP contribution in [-0.4, -0.2) is 24.0 Å². The number of carbonyl (C=O) groups excluding carboxylic acids is 1. The van der Waals surface area contributed by atoms with Crippen LogP contribution < -0.4 is 10.6 Å². The summed E-state index contributed by atoms with van der Waals surface area (Å²) in [5.74, 6) is 2.38. The van der Waals surface area contributed by atoms with Crippen molar-refractivity contribution in [2.45, 2.75) is 41.0 Å². The first-order chi connectivity index (χ1) is 9.95. The number of anilines is 1. The molecule has 0 aliphatic rings. The minimum Gasteiger partial charge on any atom is -0.370 e. The van der Waals surface area contributed by atoms with Crippen LogP contribution in [-0.2, 0) is 0 Å². The van der Waals surface area contributed by atoms with Gasteiger partial charge in [-0.25, -0.2) is 4.98 Å². The largest absolute Gasteiger partial charge is 0.370 e. The molecule has 0 aliphatic carbocycles. The van der Waals surface area contributed by atoms with E-state index in [9.17, 15) is 4.79 Å². The molecule has 0 saturated heterocycles. The summed E-state index contributed by atoms with van der Waals surface area (Å²) >= 11 is 0. The molecule has 118 valence electrons. The lowest BCUT2D eigenvalue weighted by Crippen LogP contribution is -2.34. The molecule has 4 heteroatoms. The third-order valence-electron chi connectivity index (χ3n) is 3.79. The summed E-state index contributed by atoms with van der Waals surface area (Å²) in [6.45, 7) is 12.5. The average molecular weight is 291 g/mol. The molecule has 0 atom stereocenters. The Morgan fingerprint density at radius 3 is 2.33 bits per heavy atom. The molecule has 1 aromatic rings. The molecule has 0 unspecified atom stereocenters. The normalized spacial score (nSPS) is 11.2. The monoisotopic (exact) mass is 291 g/mol. The summed E-state index contributed by atoms with van der Waals surface area (Å²) in [5.41, 5.74) is 0.614. The Kier molecular flexibility index (Phi) is 7.20. The highest BCUT2D eigenvalue weighted by molar-refractivity contribution is 5.94. The Hall–Kier alpha value is -1.58. The highest BCUT2D eigenvalue weighted by Gasteiger charge is 2.18. The van der Waals surface area contributed by atoms with Crippen molar-refractivity contribution in [3.8, 4) is 0 Å². The number of nitrogens with one attached hydrogen (secondary N) is 2. The molecule has 2 N–H and O–H groups in total. The van der Waals surface area contributed by atoms with Crippen LogP contribution in [0.2, 0.25) is 0 Å². The minimum atomic E-state index is -0.0455. The molecule has 1 rings (SSSR count). The van der Waals surface area contributed by atoms with Gasteiger partial charge in [0.15, 0.2) is 0 Å². The van der Waals surface area contributed by atoms with E-state index in [-0.39, 0.29) is 5.91 Å². The van der Waals surface area contributed by atoms with Crippen molar-refractivity contribution < 1.29 is 4.79 Å². The lowest BCUT2D eigenvalue weighted by Gasteiger charge is -2.25. The first-order valence-corrected chi connectivity index (χ1v) is 7.93. The molecule has 21 heavy (non-hydrogen) atoms. The Balaban J connectivity index is 2.55. The van der Waals surface area contributed by atoms with Crippen LogP contribution in [0.3, 0.4) is 0 Å². The first kappa shape index (κ1) is 17.5. The second-order valence-corrected chi connectivity index (χ2v) is 6.22. The molecule has 0 bridgehead atoms. The van der Waals surface area contributed by atoms with E-state index in [4.69, 9.17) is 0 Å². The molecular formula is C17H29N3O. The van der Waals surface area contributed by atoms with Crippen molar-refractivity contribution in [1.29, 1.82) is 0 Å². The van der Waals surface area contributed by atoms with Gasteiger partial charge in [-0.1, -0.05) is 34.6 Å². The molecule has 0 spiro atoms. The van der Waals surface area contributed by atoms with Crippen LogP contribution in [0.1, 0.15) is 51.4 Å². The maximum Gasteiger partial charge on any atom is 0.252 e. The Morgan fingerprint density at radius 2 is 1.86 bits per heavy atom. The molecule has 0 saturated carbocycles. The zero-order valence-electron chi connectivity index (χ0n) is 13.9. The lowest BCUT2D eigenvalue weighted by atomic mass is 9.85. The SMILES string of the molecule is CCCNc1ccc(C(=O)NCC(C(C)C)C(C)C)cn1. The molecule has 1 aromatic heterocycles. The molecule has 1 amide bonds. The predicted molar refractivity (Wildman–Crippen MR) is 88.5 cm³/mol. The molecule has 4 nitrogen and oxygen atoms in total. The van der Waals surface area contributed by atoms with E-state index in [1.54, 1.807) is 6.20 Å². The average Bonchev–Trinajstić information content (AvgIpc) is 2.44. The van der Waals surface area contributed by atoms with Gasteiger partial charge in [0, 0.05) is 19.3 Å². The summed E-state index contributed by atoms with van der Waals surface area (Å²) < 4.78 is 0. The van der Waals surface area contributed by atoms with Crippen LogP contribution >= 0.6 is 0 Å². The number of carbonyl (C=O) groups is 1. The van der Waals surface area contributed by atoms with Gasteiger partial charge in [-0.2, -0.15) is 0 Å². The summed E-state index contributed by atoms with van der Waals surface area (Å²) in [6, 6.07) is 3.67. The molecule has 0 fully saturated rings. The molecule has 0 radical (unpaired) electrons. The fourth-order valence-corrected chi connectivity index (χ4v) is 2.44. The molecule has 1 heterocycles. The number of rotatable bonds is 8. The topological polar surface area (TPSA) is 54.0 Å². The van der Waals surface area contributed by atoms with E-state index in [0.717, 1.165) is 18.8 Å². The minimum absolute atomic E-state index is 0.0455. The summed E-state index contributed by atoms with van der Waals surface area (Å²) in [7, 11) is 0. The quantitative estimate of drug-likeness (QED) is 0.770. The van der Waals surface area contributed by atoms with E-state index in [1.165, 1.54) is 0 Å². The van der Waals surface area contributed by atoms with E-state index < -0.39 is 0 Å². The number of nitrogens with zero attached hydrogens (tertiary/aromatic N) is 1. The maximum absolute atomic E-state index is 12.1. The summed E-state index contributed by atoms with van der Waals surface area (Å²) in [5, 5.41) is 6.22. The fraction of sp³-hybridized carbons (Fsp3) is 0.647. The zero-order chi connectivity index (χ0) is 15.8. The van der Waals surface area contributed by atoms with Crippen molar-refractivity contribution in [2.75, 3.05) is 18.4 Å². The Labute approximate surface area is 128 Å². The van der Waals surface area contributed by atoms with Crippen molar-refractivity contribution in [1.82, 2.24) is 10.3 Å². The number of hydrogen-bond acceptors (Lipinski definition) is 3. The summed E-state index contributed by atoms with van der Waals surface area (Å²) in [4.78, 5) is 16.4. The van der Waals surface area contributed by atoms with Gasteiger partial charge >= 0.3 is 0 Å². The van der Waals surface area contributed by atoms with Crippen molar-refractivity contribution in [2.24, 2.45) is 17.8 Å². The Morgan fingerprint density at radius 1 is 1.19 bits per heavy atom. The van der Waals surface area contributed by atoms with Crippen LogP contribution in [0.25, 0.3) is 0 Å². The van der Waals surface area contributed by atoms with Crippen LogP contribution in [0.4, 0.5) is 5.82 Å². The van der Waals surface area contributed by atoms with E-state index in [1.807, 2.05) is 12.1 Å². The first-order valence-electron chi connectivity index (χ1n) is 7.93.